The Morgan fingerprint density at radius 3 is 2.45 bits per heavy atom. The lowest BCUT2D eigenvalue weighted by atomic mass is 9.96. The third kappa shape index (κ3) is 4.05. The third-order valence-electron chi connectivity index (χ3n) is 5.74. The van der Waals surface area contributed by atoms with E-state index in [2.05, 4.69) is 10.4 Å². The van der Waals surface area contributed by atoms with Gasteiger partial charge in [-0.1, -0.05) is 18.2 Å². The average molecular weight is 446 g/mol. The minimum absolute atomic E-state index is 0.191. The van der Waals surface area contributed by atoms with Crippen LogP contribution in [0.5, 0.6) is 0 Å². The second-order valence-corrected chi connectivity index (χ2v) is 9.99. The van der Waals surface area contributed by atoms with Crippen LogP contribution in [0.2, 0.25) is 0 Å². The van der Waals surface area contributed by atoms with E-state index >= 15 is 0 Å². The van der Waals surface area contributed by atoms with Crippen LogP contribution in [-0.2, 0) is 35.7 Å². The maximum atomic E-state index is 12.8. The lowest BCUT2D eigenvalue weighted by Crippen LogP contribution is -2.46. The van der Waals surface area contributed by atoms with Gasteiger partial charge >= 0.3 is 11.8 Å². The first-order chi connectivity index (χ1) is 14.7. The van der Waals surface area contributed by atoms with Gasteiger partial charge in [-0.05, 0) is 31.4 Å². The van der Waals surface area contributed by atoms with E-state index in [9.17, 15) is 22.8 Å². The van der Waals surface area contributed by atoms with Crippen molar-refractivity contribution in [3.05, 3.63) is 41.1 Å². The smallest absolute Gasteiger partial charge is 0.315 e. The number of nitrogens with two attached hydrogens (primary N) is 1. The number of amides is 3. The van der Waals surface area contributed by atoms with Gasteiger partial charge in [-0.3, -0.25) is 14.4 Å². The summed E-state index contributed by atoms with van der Waals surface area (Å²) >= 11 is 0. The maximum absolute atomic E-state index is 12.8. The van der Waals surface area contributed by atoms with Gasteiger partial charge in [0.05, 0.1) is 22.9 Å². The number of likely N-dealkylation sites (tertiary alicyclic amines) is 1. The van der Waals surface area contributed by atoms with E-state index in [1.807, 2.05) is 25.1 Å². The van der Waals surface area contributed by atoms with Crippen molar-refractivity contribution in [1.29, 1.82) is 0 Å². The van der Waals surface area contributed by atoms with Crippen LogP contribution < -0.4 is 11.1 Å². The van der Waals surface area contributed by atoms with Gasteiger partial charge in [0.1, 0.15) is 5.82 Å². The Hall–Kier alpha value is -3.21. The molecular formula is C20H23N5O5S. The third-order valence-corrected chi connectivity index (χ3v) is 7.18. The number of carbonyl (C=O) groups is 3. The number of piperidine rings is 1. The van der Waals surface area contributed by atoms with Crippen molar-refractivity contribution in [3.63, 3.8) is 0 Å². The SMILES string of the molecule is Cc1ccccc1-n1nc2c(c1NC(=O)C(=O)N1CCC(C(N)=O)CC1)CS(=O)(=O)C2. The van der Waals surface area contributed by atoms with E-state index in [1.165, 1.54) is 9.58 Å². The highest BCUT2D eigenvalue weighted by atomic mass is 32.2. The highest BCUT2D eigenvalue weighted by Gasteiger charge is 2.35. The number of aromatic nitrogens is 2. The number of nitrogens with one attached hydrogen (secondary N) is 1. The van der Waals surface area contributed by atoms with E-state index < -0.39 is 27.6 Å². The molecule has 1 fully saturated rings. The van der Waals surface area contributed by atoms with Crippen LogP contribution >= 0.6 is 0 Å². The molecule has 0 spiro atoms. The van der Waals surface area contributed by atoms with E-state index in [-0.39, 0.29) is 36.3 Å². The highest BCUT2D eigenvalue weighted by Crippen LogP contribution is 2.33. The van der Waals surface area contributed by atoms with Gasteiger partial charge in [0.25, 0.3) is 0 Å². The monoisotopic (exact) mass is 445 g/mol. The number of benzene rings is 1. The zero-order valence-corrected chi connectivity index (χ0v) is 17.8. The van der Waals surface area contributed by atoms with Gasteiger partial charge in [-0.15, -0.1) is 0 Å². The first kappa shape index (κ1) is 21.0. The number of para-hydroxylation sites is 1. The van der Waals surface area contributed by atoms with Gasteiger partial charge < -0.3 is 16.0 Å². The molecule has 0 atom stereocenters. The van der Waals surface area contributed by atoms with Crippen molar-refractivity contribution >= 4 is 33.4 Å². The molecule has 0 saturated carbocycles. The predicted octanol–water partition coefficient (Wildman–Crippen LogP) is 0.272. The fourth-order valence-corrected chi connectivity index (χ4v) is 5.51. The summed E-state index contributed by atoms with van der Waals surface area (Å²) in [4.78, 5) is 38.2. The van der Waals surface area contributed by atoms with Crippen LogP contribution in [0.25, 0.3) is 5.69 Å². The topological polar surface area (TPSA) is 144 Å². The first-order valence-electron chi connectivity index (χ1n) is 9.93. The van der Waals surface area contributed by atoms with E-state index in [0.29, 0.717) is 29.8 Å². The lowest BCUT2D eigenvalue weighted by molar-refractivity contribution is -0.144. The molecule has 2 aliphatic rings. The van der Waals surface area contributed by atoms with Gasteiger partial charge in [0.15, 0.2) is 9.84 Å². The maximum Gasteiger partial charge on any atom is 0.315 e. The molecule has 3 heterocycles. The highest BCUT2D eigenvalue weighted by molar-refractivity contribution is 7.90. The summed E-state index contributed by atoms with van der Waals surface area (Å²) in [5.41, 5.74) is 7.64. The Morgan fingerprint density at radius 1 is 1.13 bits per heavy atom. The molecule has 0 radical (unpaired) electrons. The fraction of sp³-hybridized carbons (Fsp3) is 0.400. The van der Waals surface area contributed by atoms with Crippen LogP contribution in [0.15, 0.2) is 24.3 Å². The fourth-order valence-electron chi connectivity index (χ4n) is 4.02. The number of primary amides is 1. The summed E-state index contributed by atoms with van der Waals surface area (Å²) in [5, 5.41) is 7.02. The minimum atomic E-state index is -3.35. The molecule has 0 bridgehead atoms. The van der Waals surface area contributed by atoms with Crippen LogP contribution in [0.3, 0.4) is 0 Å². The second kappa shape index (κ2) is 7.80. The number of aryl methyl sites for hydroxylation is 1. The van der Waals surface area contributed by atoms with Crippen molar-refractivity contribution in [3.8, 4) is 5.69 Å². The summed E-state index contributed by atoms with van der Waals surface area (Å²) in [7, 11) is -3.35. The number of hydrogen-bond donors (Lipinski definition) is 2. The number of nitrogens with zero attached hydrogens (tertiary/aromatic N) is 3. The summed E-state index contributed by atoms with van der Waals surface area (Å²) in [6.07, 6.45) is 0.812. The second-order valence-electron chi connectivity index (χ2n) is 7.93. The molecule has 1 aromatic heterocycles. The van der Waals surface area contributed by atoms with E-state index in [4.69, 9.17) is 5.73 Å². The zero-order chi connectivity index (χ0) is 22.3. The van der Waals surface area contributed by atoms with Crippen LogP contribution in [-0.4, -0.2) is 53.9 Å². The molecule has 0 unspecified atom stereocenters. The molecule has 164 valence electrons. The first-order valence-corrected chi connectivity index (χ1v) is 11.7. The van der Waals surface area contributed by atoms with Crippen molar-refractivity contribution in [2.45, 2.75) is 31.3 Å². The number of anilines is 1. The van der Waals surface area contributed by atoms with E-state index in [0.717, 1.165) is 5.56 Å². The van der Waals surface area contributed by atoms with Crippen molar-refractivity contribution in [1.82, 2.24) is 14.7 Å². The molecule has 31 heavy (non-hydrogen) atoms. The molecular weight excluding hydrogens is 422 g/mol. The van der Waals surface area contributed by atoms with Crippen molar-refractivity contribution in [2.75, 3.05) is 18.4 Å². The summed E-state index contributed by atoms with van der Waals surface area (Å²) in [6.45, 7) is 2.38. The normalized spacial score (nSPS) is 17.9. The van der Waals surface area contributed by atoms with Gasteiger partial charge in [0, 0.05) is 24.6 Å². The Labute approximate surface area is 179 Å². The predicted molar refractivity (Wildman–Crippen MR) is 112 cm³/mol. The van der Waals surface area contributed by atoms with Crippen LogP contribution in [0.1, 0.15) is 29.7 Å². The molecule has 2 aromatic rings. The molecule has 1 aromatic carbocycles. The number of fused-ring (bicyclic) bond motifs is 1. The van der Waals surface area contributed by atoms with Gasteiger partial charge in [-0.2, -0.15) is 5.10 Å². The number of carbonyl (C=O) groups excluding carboxylic acids is 3. The zero-order valence-electron chi connectivity index (χ0n) is 17.0. The standard InChI is InChI=1S/C20H23N5O5S/c1-12-4-2-3-5-16(12)25-18(14-10-31(29,30)11-15(14)23-25)22-19(27)20(28)24-8-6-13(7-9-24)17(21)26/h2-5,13H,6-11H2,1H3,(H2,21,26)(H,22,27). The van der Waals surface area contributed by atoms with Gasteiger partial charge in [0.2, 0.25) is 5.91 Å². The molecule has 10 nitrogen and oxygen atoms in total. The molecule has 11 heteroatoms. The number of rotatable bonds is 3. The van der Waals surface area contributed by atoms with Crippen LogP contribution in [0.4, 0.5) is 5.82 Å². The molecule has 3 amide bonds. The Balaban J connectivity index is 1.61. The van der Waals surface area contributed by atoms with Crippen molar-refractivity contribution in [2.24, 2.45) is 11.7 Å². The Kier molecular flexibility index (Phi) is 5.29. The lowest BCUT2D eigenvalue weighted by Gasteiger charge is -2.30. The summed E-state index contributed by atoms with van der Waals surface area (Å²) in [6, 6.07) is 7.35. The molecule has 3 N–H and O–H groups in total. The van der Waals surface area contributed by atoms with E-state index in [1.54, 1.807) is 6.07 Å². The molecule has 4 rings (SSSR count). The number of hydrogen-bond acceptors (Lipinski definition) is 6. The van der Waals surface area contributed by atoms with Crippen molar-refractivity contribution < 1.29 is 22.8 Å². The summed E-state index contributed by atoms with van der Waals surface area (Å²) < 4.78 is 25.7. The summed E-state index contributed by atoms with van der Waals surface area (Å²) in [5.74, 6) is -2.59. The quantitative estimate of drug-likeness (QED) is 0.649. The minimum Gasteiger partial charge on any atom is -0.369 e. The molecule has 1 saturated heterocycles. The average Bonchev–Trinajstić information content (AvgIpc) is 3.20. The molecule has 2 aliphatic heterocycles. The Bertz CT molecular complexity index is 1180. The molecule has 0 aliphatic carbocycles. The van der Waals surface area contributed by atoms with Gasteiger partial charge in [-0.25, -0.2) is 13.1 Å². The van der Waals surface area contributed by atoms with Crippen LogP contribution in [0, 0.1) is 12.8 Å². The largest absolute Gasteiger partial charge is 0.369 e. The number of sulfone groups is 1. The Morgan fingerprint density at radius 2 is 1.81 bits per heavy atom.